The molecule has 2 nitrogen and oxygen atoms in total. The number of rotatable bonds is 3. The van der Waals surface area contributed by atoms with Crippen LogP contribution in [0, 0.1) is 0 Å². The Labute approximate surface area is 108 Å². The Morgan fingerprint density at radius 1 is 0.889 bits per heavy atom. The first-order valence-corrected chi connectivity index (χ1v) is 6.40. The molecule has 0 unspecified atom stereocenters. The van der Waals surface area contributed by atoms with Gasteiger partial charge in [-0.05, 0) is 23.1 Å². The lowest BCUT2D eigenvalue weighted by molar-refractivity contribution is -0.179. The highest BCUT2D eigenvalue weighted by Crippen LogP contribution is 2.19. The molecule has 1 heterocycles. The van der Waals surface area contributed by atoms with E-state index < -0.39 is 0 Å². The first-order valence-electron chi connectivity index (χ1n) is 6.40. The molecule has 2 aromatic carbocycles. The van der Waals surface area contributed by atoms with Crippen LogP contribution < -0.4 is 0 Å². The summed E-state index contributed by atoms with van der Waals surface area (Å²) in [4.78, 5) is 5.86. The molecule has 0 atom stereocenters. The summed E-state index contributed by atoms with van der Waals surface area (Å²) >= 11 is 0. The predicted octanol–water partition coefficient (Wildman–Crippen LogP) is 3.18. The van der Waals surface area contributed by atoms with Crippen molar-refractivity contribution < 1.29 is 4.84 Å². The van der Waals surface area contributed by atoms with E-state index in [0.29, 0.717) is 6.61 Å². The molecular formula is C16H17NO. The van der Waals surface area contributed by atoms with Crippen molar-refractivity contribution in [2.75, 3.05) is 6.54 Å². The van der Waals surface area contributed by atoms with Gasteiger partial charge in [-0.15, -0.1) is 0 Å². The van der Waals surface area contributed by atoms with Crippen LogP contribution in [0.2, 0.25) is 0 Å². The fourth-order valence-corrected chi connectivity index (χ4v) is 2.32. The zero-order chi connectivity index (χ0) is 12.2. The number of hydrogen-bond acceptors (Lipinski definition) is 2. The van der Waals surface area contributed by atoms with Gasteiger partial charge < -0.3 is 0 Å². The van der Waals surface area contributed by atoms with Crippen molar-refractivity contribution in [2.24, 2.45) is 0 Å². The SMILES string of the molecule is c1ccc(CON2CCc3ccccc3C2)cc1. The van der Waals surface area contributed by atoms with Gasteiger partial charge >= 0.3 is 0 Å². The normalized spacial score (nSPS) is 15.3. The number of fused-ring (bicyclic) bond motifs is 1. The average molecular weight is 239 g/mol. The standard InChI is InChI=1S/C16H17NO/c1-2-6-14(7-3-1)13-18-17-11-10-15-8-4-5-9-16(15)12-17/h1-9H,10-13H2. The van der Waals surface area contributed by atoms with Crippen LogP contribution in [0.4, 0.5) is 0 Å². The van der Waals surface area contributed by atoms with Crippen LogP contribution in [0.5, 0.6) is 0 Å². The number of hydroxylamine groups is 2. The molecule has 0 aromatic heterocycles. The van der Waals surface area contributed by atoms with Crippen molar-refractivity contribution >= 4 is 0 Å². The number of nitrogens with zero attached hydrogens (tertiary/aromatic N) is 1. The maximum atomic E-state index is 5.86. The number of hydrogen-bond donors (Lipinski definition) is 0. The van der Waals surface area contributed by atoms with Crippen molar-refractivity contribution in [1.29, 1.82) is 0 Å². The Bertz CT molecular complexity index is 510. The van der Waals surface area contributed by atoms with Gasteiger partial charge in [-0.2, -0.15) is 5.06 Å². The van der Waals surface area contributed by atoms with E-state index in [1.807, 2.05) is 18.2 Å². The van der Waals surface area contributed by atoms with E-state index >= 15 is 0 Å². The lowest BCUT2D eigenvalue weighted by atomic mass is 10.0. The summed E-state index contributed by atoms with van der Waals surface area (Å²) in [6.45, 7) is 2.52. The molecule has 0 fully saturated rings. The Kier molecular flexibility index (Phi) is 3.40. The minimum Gasteiger partial charge on any atom is -0.294 e. The van der Waals surface area contributed by atoms with Crippen LogP contribution in [0.15, 0.2) is 54.6 Å². The molecule has 2 aromatic rings. The summed E-state index contributed by atoms with van der Waals surface area (Å²) < 4.78 is 0. The van der Waals surface area contributed by atoms with E-state index in [1.165, 1.54) is 16.7 Å². The molecule has 2 heteroatoms. The minimum absolute atomic E-state index is 0.656. The van der Waals surface area contributed by atoms with E-state index in [0.717, 1.165) is 19.5 Å². The summed E-state index contributed by atoms with van der Waals surface area (Å²) in [5, 5.41) is 2.06. The zero-order valence-electron chi connectivity index (χ0n) is 10.4. The zero-order valence-corrected chi connectivity index (χ0v) is 10.4. The fourth-order valence-electron chi connectivity index (χ4n) is 2.32. The lowest BCUT2D eigenvalue weighted by Gasteiger charge is -2.27. The molecule has 92 valence electrons. The van der Waals surface area contributed by atoms with Crippen LogP contribution >= 0.6 is 0 Å². The van der Waals surface area contributed by atoms with Crippen molar-refractivity contribution in [2.45, 2.75) is 19.6 Å². The Morgan fingerprint density at radius 2 is 1.61 bits per heavy atom. The van der Waals surface area contributed by atoms with E-state index in [1.54, 1.807) is 0 Å². The summed E-state index contributed by atoms with van der Waals surface area (Å²) in [7, 11) is 0. The monoisotopic (exact) mass is 239 g/mol. The van der Waals surface area contributed by atoms with Crippen LogP contribution in [0.1, 0.15) is 16.7 Å². The Morgan fingerprint density at radius 3 is 2.44 bits per heavy atom. The molecule has 1 aliphatic heterocycles. The molecule has 0 saturated carbocycles. The third kappa shape index (κ3) is 2.61. The van der Waals surface area contributed by atoms with Gasteiger partial charge in [0.05, 0.1) is 6.61 Å². The van der Waals surface area contributed by atoms with Gasteiger partial charge in [0.25, 0.3) is 0 Å². The highest BCUT2D eigenvalue weighted by molar-refractivity contribution is 5.28. The van der Waals surface area contributed by atoms with Crippen LogP contribution in [-0.2, 0) is 24.4 Å². The van der Waals surface area contributed by atoms with Crippen LogP contribution in [-0.4, -0.2) is 11.6 Å². The summed E-state index contributed by atoms with van der Waals surface area (Å²) in [5.41, 5.74) is 4.06. The fraction of sp³-hybridized carbons (Fsp3) is 0.250. The van der Waals surface area contributed by atoms with Crippen molar-refractivity contribution in [1.82, 2.24) is 5.06 Å². The molecule has 0 amide bonds. The summed E-state index contributed by atoms with van der Waals surface area (Å²) in [6.07, 6.45) is 1.07. The second-order valence-electron chi connectivity index (χ2n) is 4.64. The smallest absolute Gasteiger partial charge is 0.0936 e. The van der Waals surface area contributed by atoms with E-state index in [2.05, 4.69) is 41.5 Å². The van der Waals surface area contributed by atoms with Gasteiger partial charge in [-0.1, -0.05) is 54.6 Å². The van der Waals surface area contributed by atoms with Crippen molar-refractivity contribution in [3.8, 4) is 0 Å². The van der Waals surface area contributed by atoms with Crippen LogP contribution in [0.25, 0.3) is 0 Å². The highest BCUT2D eigenvalue weighted by Gasteiger charge is 2.15. The molecule has 1 aliphatic rings. The quantitative estimate of drug-likeness (QED) is 0.815. The largest absolute Gasteiger partial charge is 0.294 e. The van der Waals surface area contributed by atoms with Gasteiger partial charge in [-0.25, -0.2) is 0 Å². The topological polar surface area (TPSA) is 12.5 Å². The van der Waals surface area contributed by atoms with E-state index in [9.17, 15) is 0 Å². The Hall–Kier alpha value is -1.64. The maximum absolute atomic E-state index is 5.86. The second kappa shape index (κ2) is 5.34. The molecule has 0 saturated heterocycles. The highest BCUT2D eigenvalue weighted by atomic mass is 16.7. The number of benzene rings is 2. The second-order valence-corrected chi connectivity index (χ2v) is 4.64. The van der Waals surface area contributed by atoms with Gasteiger partial charge in [-0.3, -0.25) is 4.84 Å². The minimum atomic E-state index is 0.656. The molecule has 18 heavy (non-hydrogen) atoms. The Balaban J connectivity index is 1.60. The summed E-state index contributed by atoms with van der Waals surface area (Å²) in [5.74, 6) is 0. The van der Waals surface area contributed by atoms with E-state index in [4.69, 9.17) is 4.84 Å². The maximum Gasteiger partial charge on any atom is 0.0936 e. The summed E-state index contributed by atoms with van der Waals surface area (Å²) in [6, 6.07) is 18.9. The van der Waals surface area contributed by atoms with Gasteiger partial charge in [0, 0.05) is 13.1 Å². The van der Waals surface area contributed by atoms with E-state index in [-0.39, 0.29) is 0 Å². The molecular weight excluding hydrogens is 222 g/mol. The molecule has 0 N–H and O–H groups in total. The van der Waals surface area contributed by atoms with Gasteiger partial charge in [0.2, 0.25) is 0 Å². The van der Waals surface area contributed by atoms with Gasteiger partial charge in [0.15, 0.2) is 0 Å². The first-order chi connectivity index (χ1) is 8.92. The van der Waals surface area contributed by atoms with Crippen molar-refractivity contribution in [3.63, 3.8) is 0 Å². The average Bonchev–Trinajstić information content (AvgIpc) is 2.46. The third-order valence-corrected chi connectivity index (χ3v) is 3.35. The molecule has 0 bridgehead atoms. The van der Waals surface area contributed by atoms with Crippen molar-refractivity contribution in [3.05, 3.63) is 71.3 Å². The van der Waals surface area contributed by atoms with Gasteiger partial charge in [0.1, 0.15) is 0 Å². The molecule has 3 rings (SSSR count). The third-order valence-electron chi connectivity index (χ3n) is 3.35. The first kappa shape index (κ1) is 11.5. The molecule has 0 aliphatic carbocycles. The predicted molar refractivity (Wildman–Crippen MR) is 71.8 cm³/mol. The lowest BCUT2D eigenvalue weighted by Crippen LogP contribution is -2.30. The van der Waals surface area contributed by atoms with Crippen LogP contribution in [0.3, 0.4) is 0 Å². The molecule has 0 radical (unpaired) electrons. The molecule has 0 spiro atoms.